The summed E-state index contributed by atoms with van der Waals surface area (Å²) in [6.45, 7) is 3.70. The van der Waals surface area contributed by atoms with E-state index < -0.39 is 5.97 Å². The van der Waals surface area contributed by atoms with Crippen molar-refractivity contribution < 1.29 is 23.5 Å². The number of aryl methyl sites for hydroxylation is 2. The highest BCUT2D eigenvalue weighted by Gasteiger charge is 2.21. The predicted octanol–water partition coefficient (Wildman–Crippen LogP) is 5.60. The van der Waals surface area contributed by atoms with Crippen molar-refractivity contribution in [3.63, 3.8) is 0 Å². The Morgan fingerprint density at radius 2 is 1.80 bits per heavy atom. The lowest BCUT2D eigenvalue weighted by Crippen LogP contribution is -2.10. The largest absolute Gasteiger partial charge is 0.478 e. The second-order valence-electron chi connectivity index (χ2n) is 6.86. The molecule has 0 fully saturated rings. The predicted molar refractivity (Wildman–Crippen MR) is 112 cm³/mol. The van der Waals surface area contributed by atoms with E-state index in [2.05, 4.69) is 0 Å². The smallest absolute Gasteiger partial charge is 0.371 e. The van der Waals surface area contributed by atoms with Gasteiger partial charge in [0.25, 0.3) is 0 Å². The Bertz CT molecular complexity index is 1330. The van der Waals surface area contributed by atoms with Crippen molar-refractivity contribution in [2.75, 3.05) is 0 Å². The summed E-state index contributed by atoms with van der Waals surface area (Å²) < 4.78 is 17.1. The molecule has 4 aromatic rings. The molecular formula is C23H17ClO6. The summed E-state index contributed by atoms with van der Waals surface area (Å²) in [5, 5.41) is 9.79. The van der Waals surface area contributed by atoms with Crippen LogP contribution in [0.1, 0.15) is 27.4 Å². The number of hydrogen-bond donors (Lipinski definition) is 1. The van der Waals surface area contributed by atoms with E-state index in [1.807, 2.05) is 19.9 Å². The molecule has 0 bridgehead atoms. The Labute approximate surface area is 176 Å². The molecule has 0 radical (unpaired) electrons. The number of benzene rings is 2. The first kappa shape index (κ1) is 19.8. The molecule has 2 heterocycles. The van der Waals surface area contributed by atoms with Crippen molar-refractivity contribution in [2.45, 2.75) is 20.5 Å². The van der Waals surface area contributed by atoms with Gasteiger partial charge in [-0.15, -0.1) is 0 Å². The summed E-state index contributed by atoms with van der Waals surface area (Å²) in [5.41, 5.74) is 2.53. The normalized spacial score (nSPS) is 11.0. The molecule has 0 aliphatic rings. The molecule has 2 aromatic carbocycles. The molecule has 0 atom stereocenters. The molecule has 0 saturated carbocycles. The van der Waals surface area contributed by atoms with Gasteiger partial charge < -0.3 is 18.7 Å². The number of rotatable bonds is 5. The number of ether oxygens (including phenoxy) is 1. The zero-order chi connectivity index (χ0) is 21.4. The van der Waals surface area contributed by atoms with Gasteiger partial charge in [0, 0.05) is 5.56 Å². The monoisotopic (exact) mass is 424 g/mol. The van der Waals surface area contributed by atoms with Gasteiger partial charge in [0.05, 0.1) is 10.4 Å². The molecule has 0 aliphatic heterocycles. The van der Waals surface area contributed by atoms with Crippen LogP contribution in [0.25, 0.3) is 22.3 Å². The van der Waals surface area contributed by atoms with Crippen LogP contribution in [0.4, 0.5) is 0 Å². The number of fused-ring (bicyclic) bond motifs is 1. The maximum Gasteiger partial charge on any atom is 0.371 e. The molecule has 6 nitrogen and oxygen atoms in total. The molecule has 7 heteroatoms. The summed E-state index contributed by atoms with van der Waals surface area (Å²) in [6, 6.07) is 13.3. The van der Waals surface area contributed by atoms with Crippen LogP contribution >= 0.6 is 11.6 Å². The van der Waals surface area contributed by atoms with E-state index in [4.69, 9.17) is 30.3 Å². The van der Waals surface area contributed by atoms with E-state index >= 15 is 0 Å². The summed E-state index contributed by atoms with van der Waals surface area (Å²) in [7, 11) is 0. The second kappa shape index (κ2) is 7.72. The van der Waals surface area contributed by atoms with Crippen LogP contribution in [0.5, 0.6) is 5.75 Å². The van der Waals surface area contributed by atoms with Crippen molar-refractivity contribution >= 4 is 28.5 Å². The highest BCUT2D eigenvalue weighted by molar-refractivity contribution is 6.33. The molecule has 0 unspecified atom stereocenters. The van der Waals surface area contributed by atoms with Crippen molar-refractivity contribution in [1.82, 2.24) is 0 Å². The maximum atomic E-state index is 13.3. The van der Waals surface area contributed by atoms with E-state index in [9.17, 15) is 9.59 Å². The van der Waals surface area contributed by atoms with Crippen LogP contribution in [0.15, 0.2) is 62.2 Å². The standard InChI is InChI=1S/C23H17ClO6/c1-12-9-16-19(10-13(12)2)30-21(15-5-3-4-6-17(15)24)22(20(16)25)28-11-14-7-8-18(29-14)23(26)27/h3-10H,11H2,1-2H3,(H,26,27). The topological polar surface area (TPSA) is 89.9 Å². The van der Waals surface area contributed by atoms with Gasteiger partial charge in [-0.25, -0.2) is 4.79 Å². The molecule has 0 amide bonds. The number of carboxylic acids is 1. The lowest BCUT2D eigenvalue weighted by molar-refractivity contribution is 0.0658. The number of hydrogen-bond acceptors (Lipinski definition) is 5. The Kier molecular flexibility index (Phi) is 5.10. The number of halogens is 1. The third-order valence-electron chi connectivity index (χ3n) is 4.81. The second-order valence-corrected chi connectivity index (χ2v) is 7.27. The summed E-state index contributed by atoms with van der Waals surface area (Å²) in [5.74, 6) is -0.957. The van der Waals surface area contributed by atoms with Crippen LogP contribution in [-0.2, 0) is 6.61 Å². The zero-order valence-corrected chi connectivity index (χ0v) is 16.9. The van der Waals surface area contributed by atoms with Crippen molar-refractivity contribution in [1.29, 1.82) is 0 Å². The minimum atomic E-state index is -1.19. The fourth-order valence-electron chi connectivity index (χ4n) is 3.10. The van der Waals surface area contributed by atoms with Crippen molar-refractivity contribution in [2.24, 2.45) is 0 Å². The van der Waals surface area contributed by atoms with Gasteiger partial charge in [0.1, 0.15) is 18.0 Å². The Balaban J connectivity index is 1.86. The molecule has 1 N–H and O–H groups in total. The van der Waals surface area contributed by atoms with Gasteiger partial charge in [-0.3, -0.25) is 4.79 Å². The van der Waals surface area contributed by atoms with Gasteiger partial charge in [0.15, 0.2) is 5.76 Å². The van der Waals surface area contributed by atoms with Gasteiger partial charge in [-0.2, -0.15) is 0 Å². The lowest BCUT2D eigenvalue weighted by atomic mass is 10.0. The van der Waals surface area contributed by atoms with E-state index in [1.165, 1.54) is 12.1 Å². The lowest BCUT2D eigenvalue weighted by Gasteiger charge is -2.13. The first-order valence-corrected chi connectivity index (χ1v) is 9.50. The van der Waals surface area contributed by atoms with Crippen LogP contribution in [0, 0.1) is 13.8 Å². The van der Waals surface area contributed by atoms with Gasteiger partial charge in [-0.05, 0) is 61.4 Å². The van der Waals surface area contributed by atoms with Crippen molar-refractivity contribution in [3.05, 3.63) is 86.4 Å². The number of carbonyl (C=O) groups is 1. The van der Waals surface area contributed by atoms with Gasteiger partial charge >= 0.3 is 5.97 Å². The molecule has 0 aliphatic carbocycles. The third kappa shape index (κ3) is 3.57. The summed E-state index contributed by atoms with van der Waals surface area (Å²) >= 11 is 6.34. The highest BCUT2D eigenvalue weighted by atomic mass is 35.5. The molecule has 0 spiro atoms. The first-order valence-electron chi connectivity index (χ1n) is 9.13. The van der Waals surface area contributed by atoms with Crippen LogP contribution in [-0.4, -0.2) is 11.1 Å². The minimum Gasteiger partial charge on any atom is -0.478 e. The Morgan fingerprint density at radius 1 is 1.07 bits per heavy atom. The minimum absolute atomic E-state index is 0.0212. The van der Waals surface area contributed by atoms with Crippen LogP contribution in [0.3, 0.4) is 0 Å². The molecule has 2 aromatic heterocycles. The molecule has 30 heavy (non-hydrogen) atoms. The molecule has 0 saturated heterocycles. The summed E-state index contributed by atoms with van der Waals surface area (Å²) in [6.07, 6.45) is 0. The van der Waals surface area contributed by atoms with Crippen LogP contribution in [0.2, 0.25) is 5.02 Å². The maximum absolute atomic E-state index is 13.3. The number of furan rings is 1. The average Bonchev–Trinajstić information content (AvgIpc) is 3.19. The molecule has 152 valence electrons. The van der Waals surface area contributed by atoms with E-state index in [0.29, 0.717) is 21.6 Å². The van der Waals surface area contributed by atoms with E-state index in [0.717, 1.165) is 11.1 Å². The number of aromatic carboxylic acids is 1. The highest BCUT2D eigenvalue weighted by Crippen LogP contribution is 2.36. The first-order chi connectivity index (χ1) is 14.3. The summed E-state index contributed by atoms with van der Waals surface area (Å²) in [4.78, 5) is 24.3. The third-order valence-corrected chi connectivity index (χ3v) is 5.14. The quantitative estimate of drug-likeness (QED) is 0.448. The van der Waals surface area contributed by atoms with E-state index in [-0.39, 0.29) is 35.1 Å². The van der Waals surface area contributed by atoms with Crippen LogP contribution < -0.4 is 10.2 Å². The van der Waals surface area contributed by atoms with E-state index in [1.54, 1.807) is 30.3 Å². The number of carboxylic acid groups (broad SMARTS) is 1. The Hall–Kier alpha value is -3.51. The SMILES string of the molecule is Cc1cc2oc(-c3ccccc3Cl)c(OCc3ccc(C(=O)O)o3)c(=O)c2cc1C. The molecular weight excluding hydrogens is 408 g/mol. The van der Waals surface area contributed by atoms with Gasteiger partial charge in [-0.1, -0.05) is 23.7 Å². The van der Waals surface area contributed by atoms with Crippen molar-refractivity contribution in [3.8, 4) is 17.1 Å². The fraction of sp³-hybridized carbons (Fsp3) is 0.130. The average molecular weight is 425 g/mol. The zero-order valence-electron chi connectivity index (χ0n) is 16.2. The Morgan fingerprint density at radius 3 is 2.50 bits per heavy atom. The fourth-order valence-corrected chi connectivity index (χ4v) is 3.32. The van der Waals surface area contributed by atoms with Gasteiger partial charge in [0.2, 0.25) is 16.9 Å². The molecule has 4 rings (SSSR count).